The van der Waals surface area contributed by atoms with Crippen LogP contribution in [0, 0.1) is 6.92 Å². The third-order valence-corrected chi connectivity index (χ3v) is 3.19. The van der Waals surface area contributed by atoms with Gasteiger partial charge >= 0.3 is 0 Å². The van der Waals surface area contributed by atoms with Crippen LogP contribution < -0.4 is 5.73 Å². The van der Waals surface area contributed by atoms with Gasteiger partial charge in [0.2, 0.25) is 0 Å². The van der Waals surface area contributed by atoms with Gasteiger partial charge in [0.25, 0.3) is 0 Å². The van der Waals surface area contributed by atoms with E-state index in [2.05, 4.69) is 15.6 Å². The fourth-order valence-corrected chi connectivity index (χ4v) is 2.26. The molecule has 98 valence electrons. The lowest BCUT2D eigenvalue weighted by molar-refractivity contribution is 0.0600. The van der Waals surface area contributed by atoms with Crippen LogP contribution in [0.15, 0.2) is 24.3 Å². The molecule has 0 bridgehead atoms. The molecular weight excluding hydrogens is 226 g/mol. The fraction of sp³-hybridized carbons (Fsp3) is 0.500. The van der Waals surface area contributed by atoms with Crippen molar-refractivity contribution < 1.29 is 4.74 Å². The van der Waals surface area contributed by atoms with Gasteiger partial charge in [0, 0.05) is 19.7 Å². The third-order valence-electron chi connectivity index (χ3n) is 3.19. The molecule has 0 amide bonds. The number of fused-ring (bicyclic) bond motifs is 1. The van der Waals surface area contributed by atoms with Gasteiger partial charge < -0.3 is 15.0 Å². The van der Waals surface area contributed by atoms with Gasteiger partial charge in [-0.1, -0.05) is 12.1 Å². The van der Waals surface area contributed by atoms with Gasteiger partial charge in [-0.25, -0.2) is 4.98 Å². The minimum atomic E-state index is 0.135. The monoisotopic (exact) mass is 247 g/mol. The minimum Gasteiger partial charge on any atom is -0.377 e. The summed E-state index contributed by atoms with van der Waals surface area (Å²) in [6, 6.07) is 8.21. The van der Waals surface area contributed by atoms with Gasteiger partial charge in [0.05, 0.1) is 17.1 Å². The zero-order valence-corrected chi connectivity index (χ0v) is 11.1. The number of nitrogens with zero attached hydrogens (tertiary/aromatic N) is 2. The average molecular weight is 247 g/mol. The summed E-state index contributed by atoms with van der Waals surface area (Å²) in [6.45, 7) is 6.22. The molecule has 0 saturated carbocycles. The molecule has 1 aromatic carbocycles. The third kappa shape index (κ3) is 2.71. The van der Waals surface area contributed by atoms with Crippen molar-refractivity contribution in [3.63, 3.8) is 0 Å². The SMILES string of the molecule is CCOC(CN)CCn1c(C)nc2ccccc21. The summed E-state index contributed by atoms with van der Waals surface area (Å²) in [5.41, 5.74) is 7.93. The molecule has 2 rings (SSSR count). The number of ether oxygens (including phenoxy) is 1. The molecule has 1 aromatic heterocycles. The second-order valence-electron chi connectivity index (χ2n) is 4.40. The lowest BCUT2D eigenvalue weighted by Gasteiger charge is -2.15. The van der Waals surface area contributed by atoms with Gasteiger partial charge in [0.1, 0.15) is 5.82 Å². The first-order valence-corrected chi connectivity index (χ1v) is 6.49. The highest BCUT2D eigenvalue weighted by Gasteiger charge is 2.10. The summed E-state index contributed by atoms with van der Waals surface area (Å²) in [5, 5.41) is 0. The summed E-state index contributed by atoms with van der Waals surface area (Å²) < 4.78 is 7.82. The minimum absolute atomic E-state index is 0.135. The van der Waals surface area contributed by atoms with Crippen molar-refractivity contribution in [2.75, 3.05) is 13.2 Å². The topological polar surface area (TPSA) is 53.1 Å². The van der Waals surface area contributed by atoms with Crippen molar-refractivity contribution in [2.45, 2.75) is 32.9 Å². The first-order chi connectivity index (χ1) is 8.76. The van der Waals surface area contributed by atoms with E-state index < -0.39 is 0 Å². The lowest BCUT2D eigenvalue weighted by atomic mass is 10.2. The van der Waals surface area contributed by atoms with Gasteiger partial charge in [-0.3, -0.25) is 0 Å². The van der Waals surface area contributed by atoms with Crippen LogP contribution in [0.25, 0.3) is 11.0 Å². The largest absolute Gasteiger partial charge is 0.377 e. The molecule has 1 unspecified atom stereocenters. The number of nitrogens with two attached hydrogens (primary N) is 1. The molecule has 0 spiro atoms. The molecular formula is C14H21N3O. The summed E-state index contributed by atoms with van der Waals surface area (Å²) in [5.74, 6) is 1.04. The second-order valence-corrected chi connectivity index (χ2v) is 4.40. The van der Waals surface area contributed by atoms with Crippen molar-refractivity contribution >= 4 is 11.0 Å². The maximum absolute atomic E-state index is 5.70. The average Bonchev–Trinajstić information content (AvgIpc) is 2.70. The Labute approximate surface area is 108 Å². The van der Waals surface area contributed by atoms with E-state index in [0.29, 0.717) is 13.2 Å². The molecule has 0 aliphatic carbocycles. The molecule has 4 nitrogen and oxygen atoms in total. The molecule has 0 aliphatic rings. The van der Waals surface area contributed by atoms with Gasteiger partial charge in [0.15, 0.2) is 0 Å². The van der Waals surface area contributed by atoms with Crippen LogP contribution >= 0.6 is 0 Å². The number of hydrogen-bond acceptors (Lipinski definition) is 3. The van der Waals surface area contributed by atoms with Crippen molar-refractivity contribution in [3.8, 4) is 0 Å². The highest BCUT2D eigenvalue weighted by molar-refractivity contribution is 5.75. The number of aromatic nitrogens is 2. The Kier molecular flexibility index (Phi) is 4.33. The van der Waals surface area contributed by atoms with Crippen molar-refractivity contribution in [1.29, 1.82) is 0 Å². The predicted octanol–water partition coefficient (Wildman–Crippen LogP) is 2.10. The molecule has 1 heterocycles. The van der Waals surface area contributed by atoms with Crippen LogP contribution in [0.2, 0.25) is 0 Å². The molecule has 0 fully saturated rings. The number of para-hydroxylation sites is 2. The first-order valence-electron chi connectivity index (χ1n) is 6.49. The molecule has 1 atom stereocenters. The molecule has 2 aromatic rings. The van der Waals surface area contributed by atoms with Crippen molar-refractivity contribution in [1.82, 2.24) is 9.55 Å². The van der Waals surface area contributed by atoms with E-state index in [0.717, 1.165) is 24.3 Å². The predicted molar refractivity (Wildman–Crippen MR) is 73.6 cm³/mol. The van der Waals surface area contributed by atoms with E-state index in [1.165, 1.54) is 5.52 Å². The van der Waals surface area contributed by atoms with Crippen LogP contribution in [0.5, 0.6) is 0 Å². The van der Waals surface area contributed by atoms with Crippen LogP contribution in [-0.4, -0.2) is 28.8 Å². The van der Waals surface area contributed by atoms with Gasteiger partial charge in [-0.2, -0.15) is 0 Å². The molecule has 18 heavy (non-hydrogen) atoms. The summed E-state index contributed by atoms with van der Waals surface area (Å²) in [6.07, 6.45) is 1.06. The highest BCUT2D eigenvalue weighted by Crippen LogP contribution is 2.16. The standard InChI is InChI=1S/C14H21N3O/c1-3-18-12(10-15)8-9-17-11(2)16-13-6-4-5-7-14(13)17/h4-7,12H,3,8-10,15H2,1-2H3. The first kappa shape index (κ1) is 13.1. The number of aryl methyl sites for hydroxylation is 2. The normalized spacial score (nSPS) is 13.1. The molecule has 2 N–H and O–H groups in total. The maximum Gasteiger partial charge on any atom is 0.106 e. The van der Waals surface area contributed by atoms with E-state index in [1.54, 1.807) is 0 Å². The van der Waals surface area contributed by atoms with E-state index in [-0.39, 0.29) is 6.10 Å². The van der Waals surface area contributed by atoms with Crippen molar-refractivity contribution in [3.05, 3.63) is 30.1 Å². The van der Waals surface area contributed by atoms with Crippen LogP contribution in [0.3, 0.4) is 0 Å². The fourth-order valence-electron chi connectivity index (χ4n) is 2.26. The quantitative estimate of drug-likeness (QED) is 0.850. The Morgan fingerprint density at radius 1 is 1.39 bits per heavy atom. The smallest absolute Gasteiger partial charge is 0.106 e. The van der Waals surface area contributed by atoms with E-state index in [9.17, 15) is 0 Å². The molecule has 0 saturated heterocycles. The summed E-state index contributed by atoms with van der Waals surface area (Å²) in [4.78, 5) is 4.55. The number of hydrogen-bond donors (Lipinski definition) is 1. The second kappa shape index (κ2) is 5.98. The molecule has 0 radical (unpaired) electrons. The van der Waals surface area contributed by atoms with Gasteiger partial charge in [-0.05, 0) is 32.4 Å². The zero-order chi connectivity index (χ0) is 13.0. The van der Waals surface area contributed by atoms with Crippen LogP contribution in [0.1, 0.15) is 19.2 Å². The molecule has 0 aliphatic heterocycles. The lowest BCUT2D eigenvalue weighted by Crippen LogP contribution is -2.25. The molecule has 4 heteroatoms. The van der Waals surface area contributed by atoms with E-state index in [1.807, 2.05) is 32.0 Å². The Balaban J connectivity index is 2.13. The number of benzene rings is 1. The Morgan fingerprint density at radius 3 is 2.89 bits per heavy atom. The zero-order valence-electron chi connectivity index (χ0n) is 11.1. The highest BCUT2D eigenvalue weighted by atomic mass is 16.5. The van der Waals surface area contributed by atoms with Crippen LogP contribution in [0.4, 0.5) is 0 Å². The van der Waals surface area contributed by atoms with E-state index >= 15 is 0 Å². The Bertz CT molecular complexity index is 507. The Morgan fingerprint density at radius 2 is 2.17 bits per heavy atom. The van der Waals surface area contributed by atoms with Crippen molar-refractivity contribution in [2.24, 2.45) is 5.73 Å². The summed E-state index contributed by atoms with van der Waals surface area (Å²) >= 11 is 0. The van der Waals surface area contributed by atoms with Gasteiger partial charge in [-0.15, -0.1) is 0 Å². The Hall–Kier alpha value is -1.39. The maximum atomic E-state index is 5.70. The number of rotatable bonds is 6. The summed E-state index contributed by atoms with van der Waals surface area (Å²) in [7, 11) is 0. The van der Waals surface area contributed by atoms with E-state index in [4.69, 9.17) is 10.5 Å². The number of imidazole rings is 1. The van der Waals surface area contributed by atoms with Crippen LogP contribution in [-0.2, 0) is 11.3 Å².